The molecule has 0 spiro atoms. The van der Waals surface area contributed by atoms with Gasteiger partial charge in [0, 0.05) is 11.8 Å². The van der Waals surface area contributed by atoms with Gasteiger partial charge in [0.15, 0.2) is 0 Å². The number of amides is 2. The first kappa shape index (κ1) is 16.3. The van der Waals surface area contributed by atoms with Gasteiger partial charge in [0.05, 0.1) is 11.6 Å². The van der Waals surface area contributed by atoms with E-state index in [2.05, 4.69) is 26.6 Å². The number of nitrogens with one attached hydrogen (secondary N) is 2. The Labute approximate surface area is 125 Å². The zero-order valence-electron chi connectivity index (χ0n) is 11.4. The predicted octanol–water partition coefficient (Wildman–Crippen LogP) is 2.69. The Morgan fingerprint density at radius 1 is 1.35 bits per heavy atom. The molecule has 0 saturated carbocycles. The molecular formula is C13H17BrN2O4. The third-order valence-electron chi connectivity index (χ3n) is 2.63. The molecule has 20 heavy (non-hydrogen) atoms. The molecule has 0 unspecified atom stereocenters. The summed E-state index contributed by atoms with van der Waals surface area (Å²) in [6.45, 7) is 3.45. The van der Waals surface area contributed by atoms with E-state index in [1.165, 1.54) is 7.11 Å². The monoisotopic (exact) mass is 344 g/mol. The van der Waals surface area contributed by atoms with Crippen LogP contribution in [0.1, 0.15) is 13.8 Å². The van der Waals surface area contributed by atoms with E-state index in [0.29, 0.717) is 11.4 Å². The number of rotatable bonds is 5. The molecule has 0 aliphatic carbocycles. The van der Waals surface area contributed by atoms with Gasteiger partial charge in [0.2, 0.25) is 0 Å². The molecule has 0 saturated heterocycles. The number of urea groups is 1. The zero-order valence-corrected chi connectivity index (χ0v) is 13.0. The molecule has 0 radical (unpaired) electrons. The van der Waals surface area contributed by atoms with Crippen LogP contribution < -0.4 is 15.4 Å². The van der Waals surface area contributed by atoms with Crippen LogP contribution in [0.3, 0.4) is 0 Å². The number of carbonyl (C=O) groups excluding carboxylic acids is 1. The van der Waals surface area contributed by atoms with Crippen LogP contribution in [-0.4, -0.2) is 30.3 Å². The highest BCUT2D eigenvalue weighted by Gasteiger charge is 2.23. The van der Waals surface area contributed by atoms with Crippen molar-refractivity contribution in [2.24, 2.45) is 5.92 Å². The third-order valence-corrected chi connectivity index (χ3v) is 3.28. The molecule has 7 heteroatoms. The number of benzene rings is 1. The Morgan fingerprint density at radius 2 is 2.00 bits per heavy atom. The molecule has 3 N–H and O–H groups in total. The Morgan fingerprint density at radius 3 is 2.50 bits per heavy atom. The van der Waals surface area contributed by atoms with Gasteiger partial charge in [-0.15, -0.1) is 0 Å². The van der Waals surface area contributed by atoms with Crippen LogP contribution in [0.25, 0.3) is 0 Å². The second kappa shape index (κ2) is 7.14. The molecule has 6 nitrogen and oxygen atoms in total. The van der Waals surface area contributed by atoms with Gasteiger partial charge < -0.3 is 20.5 Å². The van der Waals surface area contributed by atoms with Crippen molar-refractivity contribution >= 4 is 33.6 Å². The molecule has 0 bridgehead atoms. The molecule has 0 fully saturated rings. The average Bonchev–Trinajstić information content (AvgIpc) is 2.37. The van der Waals surface area contributed by atoms with Crippen molar-refractivity contribution in [2.45, 2.75) is 19.9 Å². The molecule has 0 heterocycles. The van der Waals surface area contributed by atoms with E-state index in [4.69, 9.17) is 9.84 Å². The number of hydrogen-bond acceptors (Lipinski definition) is 3. The molecule has 1 rings (SSSR count). The minimum absolute atomic E-state index is 0.210. The van der Waals surface area contributed by atoms with E-state index in [9.17, 15) is 9.59 Å². The minimum atomic E-state index is -1.07. The first-order valence-corrected chi connectivity index (χ1v) is 6.78. The van der Waals surface area contributed by atoms with E-state index >= 15 is 0 Å². The van der Waals surface area contributed by atoms with Crippen molar-refractivity contribution in [3.05, 3.63) is 22.7 Å². The van der Waals surface area contributed by atoms with Crippen molar-refractivity contribution < 1.29 is 19.4 Å². The van der Waals surface area contributed by atoms with Crippen LogP contribution in [0.2, 0.25) is 0 Å². The lowest BCUT2D eigenvalue weighted by molar-refractivity contribution is -0.140. The fraction of sp³-hybridized carbons (Fsp3) is 0.385. The molecule has 1 atom stereocenters. The van der Waals surface area contributed by atoms with Crippen LogP contribution in [-0.2, 0) is 4.79 Å². The molecule has 2 amide bonds. The number of halogens is 1. The lowest BCUT2D eigenvalue weighted by Gasteiger charge is -2.18. The largest absolute Gasteiger partial charge is 0.495 e. The number of hydrogen-bond donors (Lipinski definition) is 3. The molecule has 0 aromatic heterocycles. The van der Waals surface area contributed by atoms with Crippen LogP contribution in [0.15, 0.2) is 22.7 Å². The van der Waals surface area contributed by atoms with Crippen molar-refractivity contribution in [2.75, 3.05) is 12.4 Å². The summed E-state index contributed by atoms with van der Waals surface area (Å²) in [5, 5.41) is 14.0. The van der Waals surface area contributed by atoms with Crippen LogP contribution >= 0.6 is 15.9 Å². The van der Waals surface area contributed by atoms with Crippen LogP contribution in [0, 0.1) is 5.92 Å². The molecular weight excluding hydrogens is 328 g/mol. The number of carboxylic acid groups (broad SMARTS) is 1. The SMILES string of the molecule is COc1cc(NC(=O)N[C@@H](C(=O)O)C(C)C)ccc1Br. The summed E-state index contributed by atoms with van der Waals surface area (Å²) in [6, 6.07) is 3.53. The number of aliphatic carboxylic acids is 1. The molecule has 0 aliphatic heterocycles. The molecule has 1 aromatic rings. The van der Waals surface area contributed by atoms with Crippen molar-refractivity contribution in [1.29, 1.82) is 0 Å². The van der Waals surface area contributed by atoms with Crippen molar-refractivity contribution in [3.8, 4) is 5.75 Å². The average molecular weight is 345 g/mol. The summed E-state index contributed by atoms with van der Waals surface area (Å²) in [4.78, 5) is 22.8. The van der Waals surface area contributed by atoms with Gasteiger partial charge in [-0.3, -0.25) is 0 Å². The van der Waals surface area contributed by atoms with Gasteiger partial charge in [-0.25, -0.2) is 9.59 Å². The first-order chi connectivity index (χ1) is 9.35. The second-order valence-electron chi connectivity index (χ2n) is 4.51. The highest BCUT2D eigenvalue weighted by molar-refractivity contribution is 9.10. The zero-order chi connectivity index (χ0) is 15.3. The lowest BCUT2D eigenvalue weighted by atomic mass is 10.1. The summed E-state index contributed by atoms with van der Waals surface area (Å²) in [5.74, 6) is -0.706. The van der Waals surface area contributed by atoms with Crippen LogP contribution in [0.5, 0.6) is 5.75 Å². The van der Waals surface area contributed by atoms with E-state index < -0.39 is 18.0 Å². The summed E-state index contributed by atoms with van der Waals surface area (Å²) >= 11 is 3.30. The maximum atomic E-state index is 11.8. The summed E-state index contributed by atoms with van der Waals surface area (Å²) in [7, 11) is 1.52. The fourth-order valence-corrected chi connectivity index (χ4v) is 1.97. The van der Waals surface area contributed by atoms with Gasteiger partial charge in [-0.2, -0.15) is 0 Å². The van der Waals surface area contributed by atoms with Gasteiger partial charge in [-0.1, -0.05) is 13.8 Å². The second-order valence-corrected chi connectivity index (χ2v) is 5.36. The normalized spacial score (nSPS) is 11.8. The Hall–Kier alpha value is -1.76. The van der Waals surface area contributed by atoms with E-state index in [1.54, 1.807) is 32.0 Å². The quantitative estimate of drug-likeness (QED) is 0.766. The number of ether oxygens (including phenoxy) is 1. The van der Waals surface area contributed by atoms with E-state index in [-0.39, 0.29) is 5.92 Å². The van der Waals surface area contributed by atoms with E-state index in [0.717, 1.165) is 4.47 Å². The maximum Gasteiger partial charge on any atom is 0.326 e. The standard InChI is InChI=1S/C13H17BrN2O4/c1-7(2)11(12(17)18)16-13(19)15-8-4-5-9(14)10(6-8)20-3/h4-7,11H,1-3H3,(H,17,18)(H2,15,16,19)/t11-/m1/s1. The minimum Gasteiger partial charge on any atom is -0.495 e. The van der Waals surface area contributed by atoms with Gasteiger partial charge in [0.1, 0.15) is 11.8 Å². The predicted molar refractivity (Wildman–Crippen MR) is 79.1 cm³/mol. The third kappa shape index (κ3) is 4.41. The summed E-state index contributed by atoms with van der Waals surface area (Å²) < 4.78 is 5.87. The highest BCUT2D eigenvalue weighted by Crippen LogP contribution is 2.27. The van der Waals surface area contributed by atoms with Gasteiger partial charge in [0.25, 0.3) is 0 Å². The number of carbonyl (C=O) groups is 2. The number of anilines is 1. The van der Waals surface area contributed by atoms with Gasteiger partial charge >= 0.3 is 12.0 Å². The van der Waals surface area contributed by atoms with E-state index in [1.807, 2.05) is 0 Å². The topological polar surface area (TPSA) is 87.7 Å². The van der Waals surface area contributed by atoms with Crippen molar-refractivity contribution in [1.82, 2.24) is 5.32 Å². The smallest absolute Gasteiger partial charge is 0.326 e. The van der Waals surface area contributed by atoms with Gasteiger partial charge in [-0.05, 0) is 34.0 Å². The first-order valence-electron chi connectivity index (χ1n) is 5.99. The number of methoxy groups -OCH3 is 1. The summed E-state index contributed by atoms with van der Waals surface area (Å²) in [5.41, 5.74) is 0.510. The Kier molecular flexibility index (Phi) is 5.82. The highest BCUT2D eigenvalue weighted by atomic mass is 79.9. The van der Waals surface area contributed by atoms with Crippen LogP contribution in [0.4, 0.5) is 10.5 Å². The Bertz CT molecular complexity index is 505. The fourth-order valence-electron chi connectivity index (χ4n) is 1.56. The maximum absolute atomic E-state index is 11.8. The lowest BCUT2D eigenvalue weighted by Crippen LogP contribution is -2.46. The molecule has 110 valence electrons. The summed E-state index contributed by atoms with van der Waals surface area (Å²) in [6.07, 6.45) is 0. The molecule has 1 aromatic carbocycles. The van der Waals surface area contributed by atoms with Crippen molar-refractivity contribution in [3.63, 3.8) is 0 Å². The number of carboxylic acids is 1. The molecule has 0 aliphatic rings. The Balaban J connectivity index is 2.73.